The van der Waals surface area contributed by atoms with Crippen LogP contribution in [-0.2, 0) is 4.79 Å². The fourth-order valence-corrected chi connectivity index (χ4v) is 5.29. The number of rotatable bonds is 4. The maximum absolute atomic E-state index is 13.4. The molecule has 1 saturated carbocycles. The number of aromatic nitrogens is 3. The van der Waals surface area contributed by atoms with E-state index in [0.717, 1.165) is 31.4 Å². The highest BCUT2D eigenvalue weighted by atomic mass is 19.1. The topological polar surface area (TPSA) is 84.2 Å². The zero-order valence-corrected chi connectivity index (χ0v) is 19.1. The number of nitrogens with zero attached hydrogens (tertiary/aromatic N) is 4. The molecule has 2 aliphatic rings. The normalized spacial score (nSPS) is 25.8. The molecule has 33 heavy (non-hydrogen) atoms. The van der Waals surface area contributed by atoms with Gasteiger partial charge in [0.25, 0.3) is 5.71 Å². The summed E-state index contributed by atoms with van der Waals surface area (Å²) in [6.45, 7) is 5.91. The van der Waals surface area contributed by atoms with Crippen molar-refractivity contribution in [1.82, 2.24) is 20.4 Å². The van der Waals surface area contributed by atoms with Gasteiger partial charge in [0.15, 0.2) is 0 Å². The molecule has 0 spiro atoms. The van der Waals surface area contributed by atoms with Crippen LogP contribution in [0.1, 0.15) is 46.0 Å². The molecule has 174 valence electrons. The third-order valence-corrected chi connectivity index (χ3v) is 7.50. The summed E-state index contributed by atoms with van der Waals surface area (Å²) >= 11 is 0. The van der Waals surface area contributed by atoms with Gasteiger partial charge in [0.05, 0.1) is 5.92 Å². The number of anilines is 1. The minimum absolute atomic E-state index is 0.0951. The van der Waals surface area contributed by atoms with Crippen molar-refractivity contribution in [2.24, 2.45) is 17.8 Å². The minimum Gasteiger partial charge on any atom is -0.355 e. The highest BCUT2D eigenvalue weighted by Gasteiger charge is 2.33. The molecule has 0 radical (unpaired) electrons. The number of hydrogen-bond donors (Lipinski definition) is 1. The van der Waals surface area contributed by atoms with Gasteiger partial charge in [0.1, 0.15) is 29.0 Å². The molecule has 3 aromatic rings. The molecular formula is C25H30FN5O2. The third kappa shape index (κ3) is 4.30. The van der Waals surface area contributed by atoms with Crippen molar-refractivity contribution in [3.8, 4) is 11.3 Å². The Morgan fingerprint density at radius 1 is 1.12 bits per heavy atom. The SMILES string of the molecule is C[C@H]1[C@H](C)CCC[C@@H]1NC(=O)[C@@H]1CCCN(c2ncnc3onc(-c4ccc(F)cc4)c23)C1. The largest absolute Gasteiger partial charge is 0.355 e. The minimum atomic E-state index is -0.311. The zero-order valence-electron chi connectivity index (χ0n) is 19.1. The predicted octanol–water partition coefficient (Wildman–Crippen LogP) is 4.58. The molecule has 8 heteroatoms. The van der Waals surface area contributed by atoms with Crippen molar-refractivity contribution in [3.63, 3.8) is 0 Å². The van der Waals surface area contributed by atoms with Crippen molar-refractivity contribution in [2.45, 2.75) is 52.0 Å². The summed E-state index contributed by atoms with van der Waals surface area (Å²) in [4.78, 5) is 24.1. The van der Waals surface area contributed by atoms with E-state index in [1.807, 2.05) is 0 Å². The van der Waals surface area contributed by atoms with Crippen molar-refractivity contribution < 1.29 is 13.7 Å². The van der Waals surface area contributed by atoms with E-state index in [0.29, 0.717) is 41.0 Å². The molecule has 1 aliphatic heterocycles. The molecule has 4 atom stereocenters. The lowest BCUT2D eigenvalue weighted by molar-refractivity contribution is -0.126. The van der Waals surface area contributed by atoms with Crippen molar-refractivity contribution in [1.29, 1.82) is 0 Å². The molecule has 1 N–H and O–H groups in total. The Hall–Kier alpha value is -3.03. The van der Waals surface area contributed by atoms with E-state index < -0.39 is 0 Å². The monoisotopic (exact) mass is 451 g/mol. The summed E-state index contributed by atoms with van der Waals surface area (Å²) in [5.74, 6) is 1.58. The first-order valence-corrected chi connectivity index (χ1v) is 11.9. The van der Waals surface area contributed by atoms with Gasteiger partial charge in [-0.25, -0.2) is 9.37 Å². The summed E-state index contributed by atoms with van der Waals surface area (Å²) in [5.41, 5.74) is 1.70. The lowest BCUT2D eigenvalue weighted by Crippen LogP contribution is -2.49. The number of carbonyl (C=O) groups is 1. The van der Waals surface area contributed by atoms with Gasteiger partial charge in [-0.1, -0.05) is 31.8 Å². The van der Waals surface area contributed by atoms with Crippen LogP contribution < -0.4 is 10.2 Å². The Bertz CT molecular complexity index is 1130. The maximum Gasteiger partial charge on any atom is 0.263 e. The van der Waals surface area contributed by atoms with Crippen LogP contribution in [0.4, 0.5) is 10.2 Å². The van der Waals surface area contributed by atoms with Gasteiger partial charge < -0.3 is 14.7 Å². The number of amides is 1. The Morgan fingerprint density at radius 3 is 2.76 bits per heavy atom. The smallest absolute Gasteiger partial charge is 0.263 e. The maximum atomic E-state index is 13.4. The second kappa shape index (κ2) is 9.08. The van der Waals surface area contributed by atoms with Gasteiger partial charge in [0, 0.05) is 24.7 Å². The molecule has 1 aromatic carbocycles. The quantitative estimate of drug-likeness (QED) is 0.625. The van der Waals surface area contributed by atoms with Crippen LogP contribution in [0.5, 0.6) is 0 Å². The number of benzene rings is 1. The lowest BCUT2D eigenvalue weighted by Gasteiger charge is -2.37. The van der Waals surface area contributed by atoms with Gasteiger partial charge in [-0.05, 0) is 55.4 Å². The number of piperidine rings is 1. The second-order valence-corrected chi connectivity index (χ2v) is 9.58. The first kappa shape index (κ1) is 21.8. The standard InChI is InChI=1S/C25H30FN5O2/c1-15-5-3-7-20(16(15)2)29-24(32)18-6-4-12-31(13-18)23-21-22(17-8-10-19(26)11-9-17)30-33-25(21)28-14-27-23/h8-11,14-16,18,20H,3-7,12-13H2,1-2H3,(H,29,32)/t15-,16+,18-,20+/m1/s1. The van der Waals surface area contributed by atoms with Crippen LogP contribution in [0.25, 0.3) is 22.4 Å². The summed E-state index contributed by atoms with van der Waals surface area (Å²) in [7, 11) is 0. The van der Waals surface area contributed by atoms with E-state index in [1.165, 1.54) is 31.3 Å². The first-order valence-electron chi connectivity index (χ1n) is 11.9. The average molecular weight is 452 g/mol. The number of hydrogen-bond acceptors (Lipinski definition) is 6. The van der Waals surface area contributed by atoms with Crippen LogP contribution in [0.15, 0.2) is 35.1 Å². The summed E-state index contributed by atoms with van der Waals surface area (Å²) < 4.78 is 18.9. The fraction of sp³-hybridized carbons (Fsp3) is 0.520. The highest BCUT2D eigenvalue weighted by Crippen LogP contribution is 2.35. The Labute approximate surface area is 192 Å². The van der Waals surface area contributed by atoms with Crippen LogP contribution in [0, 0.1) is 23.6 Å². The van der Waals surface area contributed by atoms with E-state index in [2.05, 4.69) is 39.2 Å². The van der Waals surface area contributed by atoms with Crippen LogP contribution in [0.3, 0.4) is 0 Å². The molecule has 5 rings (SSSR count). The second-order valence-electron chi connectivity index (χ2n) is 9.58. The van der Waals surface area contributed by atoms with E-state index in [9.17, 15) is 9.18 Å². The van der Waals surface area contributed by atoms with Crippen LogP contribution >= 0.6 is 0 Å². The molecular weight excluding hydrogens is 421 g/mol. The molecule has 3 heterocycles. The van der Waals surface area contributed by atoms with E-state index >= 15 is 0 Å². The molecule has 1 aliphatic carbocycles. The fourth-order valence-electron chi connectivity index (χ4n) is 5.29. The highest BCUT2D eigenvalue weighted by molar-refractivity contribution is 5.98. The van der Waals surface area contributed by atoms with Gasteiger partial charge in [-0.2, -0.15) is 4.98 Å². The molecule has 1 saturated heterocycles. The Kier molecular flexibility index (Phi) is 6.00. The van der Waals surface area contributed by atoms with E-state index in [1.54, 1.807) is 12.1 Å². The van der Waals surface area contributed by atoms with Gasteiger partial charge >= 0.3 is 0 Å². The van der Waals surface area contributed by atoms with Gasteiger partial charge in [-0.15, -0.1) is 0 Å². The molecule has 2 fully saturated rings. The number of halogens is 1. The summed E-state index contributed by atoms with van der Waals surface area (Å²) in [6.07, 6.45) is 6.70. The number of fused-ring (bicyclic) bond motifs is 1. The van der Waals surface area contributed by atoms with Crippen molar-refractivity contribution in [2.75, 3.05) is 18.0 Å². The molecule has 2 aromatic heterocycles. The molecule has 1 amide bonds. The number of carbonyl (C=O) groups excluding carboxylic acids is 1. The van der Waals surface area contributed by atoms with Crippen molar-refractivity contribution >= 4 is 22.8 Å². The summed E-state index contributed by atoms with van der Waals surface area (Å²) in [6, 6.07) is 6.39. The first-order chi connectivity index (χ1) is 16.0. The Morgan fingerprint density at radius 2 is 1.94 bits per heavy atom. The van der Waals surface area contributed by atoms with E-state index in [-0.39, 0.29) is 23.7 Å². The summed E-state index contributed by atoms with van der Waals surface area (Å²) in [5, 5.41) is 8.24. The zero-order chi connectivity index (χ0) is 22.9. The Balaban J connectivity index is 1.38. The van der Waals surface area contributed by atoms with Crippen LogP contribution in [-0.4, -0.2) is 40.2 Å². The number of nitrogens with one attached hydrogen (secondary N) is 1. The van der Waals surface area contributed by atoms with Gasteiger partial charge in [-0.3, -0.25) is 4.79 Å². The van der Waals surface area contributed by atoms with E-state index in [4.69, 9.17) is 4.52 Å². The molecule has 7 nitrogen and oxygen atoms in total. The lowest BCUT2D eigenvalue weighted by atomic mass is 9.78. The van der Waals surface area contributed by atoms with Crippen LogP contribution in [0.2, 0.25) is 0 Å². The molecule has 0 bridgehead atoms. The predicted molar refractivity (Wildman–Crippen MR) is 124 cm³/mol. The van der Waals surface area contributed by atoms with Gasteiger partial charge in [0.2, 0.25) is 5.91 Å². The van der Waals surface area contributed by atoms with Crippen molar-refractivity contribution in [3.05, 3.63) is 36.4 Å². The third-order valence-electron chi connectivity index (χ3n) is 7.50. The molecule has 0 unspecified atom stereocenters. The average Bonchev–Trinajstić information content (AvgIpc) is 3.27.